The van der Waals surface area contributed by atoms with Crippen LogP contribution in [-0.2, 0) is 28.6 Å². The monoisotopic (exact) mass is 937 g/mol. The first kappa shape index (κ1) is 64.1. The van der Waals surface area contributed by atoms with Crippen LogP contribution in [0, 0.1) is 0 Å². The van der Waals surface area contributed by atoms with E-state index in [1.54, 1.807) is 0 Å². The van der Waals surface area contributed by atoms with Crippen LogP contribution in [0.4, 0.5) is 0 Å². The van der Waals surface area contributed by atoms with Gasteiger partial charge in [0.1, 0.15) is 13.2 Å². The third kappa shape index (κ3) is 53.9. The first-order valence-corrected chi connectivity index (χ1v) is 28.8. The van der Waals surface area contributed by atoms with Crippen molar-refractivity contribution in [3.8, 4) is 0 Å². The second-order valence-corrected chi connectivity index (χ2v) is 19.2. The molecule has 0 rings (SSSR count). The summed E-state index contributed by atoms with van der Waals surface area (Å²) in [6.07, 6.45) is 69.1. The van der Waals surface area contributed by atoms with Crippen molar-refractivity contribution in [2.75, 3.05) is 13.2 Å². The smallest absolute Gasteiger partial charge is 0.306 e. The van der Waals surface area contributed by atoms with Gasteiger partial charge in [0.15, 0.2) is 6.10 Å². The molecule has 0 aliphatic rings. The van der Waals surface area contributed by atoms with Crippen molar-refractivity contribution >= 4 is 17.9 Å². The Hall–Kier alpha value is -2.89. The van der Waals surface area contributed by atoms with Crippen molar-refractivity contribution in [2.45, 2.75) is 297 Å². The van der Waals surface area contributed by atoms with Gasteiger partial charge in [-0.05, 0) is 109 Å². The minimum Gasteiger partial charge on any atom is -0.462 e. The zero-order valence-corrected chi connectivity index (χ0v) is 44.4. The van der Waals surface area contributed by atoms with Crippen molar-refractivity contribution < 1.29 is 28.6 Å². The maximum absolute atomic E-state index is 12.8. The number of allylic oxidation sites excluding steroid dienone is 10. The molecule has 0 aromatic heterocycles. The molecule has 0 saturated carbocycles. The number of rotatable bonds is 52. The molecule has 0 radical (unpaired) electrons. The lowest BCUT2D eigenvalue weighted by atomic mass is 10.1. The van der Waals surface area contributed by atoms with Crippen LogP contribution in [0.1, 0.15) is 290 Å². The van der Waals surface area contributed by atoms with E-state index in [1.165, 1.54) is 154 Å². The Bertz CT molecular complexity index is 1210. The lowest BCUT2D eigenvalue weighted by Crippen LogP contribution is -2.30. The summed E-state index contributed by atoms with van der Waals surface area (Å²) < 4.78 is 16.9. The minimum atomic E-state index is -0.786. The number of ether oxygens (including phenoxy) is 3. The lowest BCUT2D eigenvalue weighted by molar-refractivity contribution is -0.167. The Morgan fingerprint density at radius 2 is 0.537 bits per heavy atom. The number of carbonyl (C=O) groups is 3. The lowest BCUT2D eigenvalue weighted by Gasteiger charge is -2.18. The fourth-order valence-electron chi connectivity index (χ4n) is 8.09. The topological polar surface area (TPSA) is 78.9 Å². The fourth-order valence-corrected chi connectivity index (χ4v) is 8.09. The normalized spacial score (nSPS) is 12.5. The van der Waals surface area contributed by atoms with E-state index < -0.39 is 6.10 Å². The SMILES string of the molecule is CCCCC/C=C\C/C=C\CCCCCCCCCC(=O)OC[C@H](COC(=O)CCCCCCCCC/C=C\CCCCCCCC)OC(=O)CCCCCCC/C=C\C/C=C\CCCCC. The van der Waals surface area contributed by atoms with E-state index in [4.69, 9.17) is 14.2 Å². The van der Waals surface area contributed by atoms with Gasteiger partial charge in [-0.1, -0.05) is 223 Å². The number of hydrogen-bond acceptors (Lipinski definition) is 6. The molecule has 0 N–H and O–H groups in total. The third-order valence-electron chi connectivity index (χ3n) is 12.5. The maximum atomic E-state index is 12.8. The van der Waals surface area contributed by atoms with Gasteiger partial charge in [-0.2, -0.15) is 0 Å². The highest BCUT2D eigenvalue weighted by Crippen LogP contribution is 2.15. The average Bonchev–Trinajstić information content (AvgIpc) is 3.33. The van der Waals surface area contributed by atoms with E-state index >= 15 is 0 Å². The van der Waals surface area contributed by atoms with Crippen molar-refractivity contribution in [2.24, 2.45) is 0 Å². The molecular weight excluding hydrogens is 829 g/mol. The van der Waals surface area contributed by atoms with Crippen molar-refractivity contribution in [1.29, 1.82) is 0 Å². The predicted molar refractivity (Wildman–Crippen MR) is 288 cm³/mol. The van der Waals surface area contributed by atoms with Crippen molar-refractivity contribution in [1.82, 2.24) is 0 Å². The van der Waals surface area contributed by atoms with Crippen LogP contribution < -0.4 is 0 Å². The van der Waals surface area contributed by atoms with E-state index in [0.29, 0.717) is 19.3 Å². The fraction of sp³-hybridized carbons (Fsp3) is 0.787. The molecule has 0 aromatic carbocycles. The summed E-state index contributed by atoms with van der Waals surface area (Å²) in [6.45, 7) is 6.58. The molecule has 1 atom stereocenters. The van der Waals surface area contributed by atoms with E-state index in [1.807, 2.05) is 0 Å². The van der Waals surface area contributed by atoms with E-state index in [2.05, 4.69) is 81.5 Å². The molecule has 0 amide bonds. The number of hydrogen-bond donors (Lipinski definition) is 0. The summed E-state index contributed by atoms with van der Waals surface area (Å²) >= 11 is 0. The molecule has 6 nitrogen and oxygen atoms in total. The zero-order chi connectivity index (χ0) is 48.6. The second-order valence-electron chi connectivity index (χ2n) is 19.2. The Labute approximate surface area is 415 Å². The molecule has 6 heteroatoms. The first-order valence-electron chi connectivity index (χ1n) is 28.8. The van der Waals surface area contributed by atoms with Crippen LogP contribution in [-0.4, -0.2) is 37.2 Å². The Kier molecular flexibility index (Phi) is 53.3. The maximum Gasteiger partial charge on any atom is 0.306 e. The van der Waals surface area contributed by atoms with E-state index in [9.17, 15) is 14.4 Å². The summed E-state index contributed by atoms with van der Waals surface area (Å²) in [5, 5.41) is 0. The summed E-state index contributed by atoms with van der Waals surface area (Å²) in [6, 6.07) is 0. The van der Waals surface area contributed by atoms with Gasteiger partial charge in [0.25, 0.3) is 0 Å². The van der Waals surface area contributed by atoms with Crippen LogP contribution in [0.25, 0.3) is 0 Å². The number of carbonyl (C=O) groups excluding carboxylic acids is 3. The predicted octanol–water partition coefficient (Wildman–Crippen LogP) is 19.2. The highest BCUT2D eigenvalue weighted by molar-refractivity contribution is 5.71. The molecule has 67 heavy (non-hydrogen) atoms. The molecule has 0 bridgehead atoms. The second kappa shape index (κ2) is 55.7. The average molecular weight is 938 g/mol. The molecule has 0 fully saturated rings. The van der Waals surface area contributed by atoms with Gasteiger partial charge in [-0.15, -0.1) is 0 Å². The molecule has 0 unspecified atom stereocenters. The molecule has 388 valence electrons. The Balaban J connectivity index is 4.40. The number of esters is 3. The van der Waals surface area contributed by atoms with Crippen LogP contribution >= 0.6 is 0 Å². The molecule has 0 heterocycles. The van der Waals surface area contributed by atoms with Crippen LogP contribution in [0.15, 0.2) is 60.8 Å². The van der Waals surface area contributed by atoms with Crippen molar-refractivity contribution in [3.05, 3.63) is 60.8 Å². The zero-order valence-electron chi connectivity index (χ0n) is 44.4. The van der Waals surface area contributed by atoms with Gasteiger partial charge in [-0.25, -0.2) is 0 Å². The van der Waals surface area contributed by atoms with Gasteiger partial charge in [0.2, 0.25) is 0 Å². The third-order valence-corrected chi connectivity index (χ3v) is 12.5. The Morgan fingerprint density at radius 3 is 0.866 bits per heavy atom. The summed E-state index contributed by atoms with van der Waals surface area (Å²) in [5.41, 5.74) is 0. The van der Waals surface area contributed by atoms with Gasteiger partial charge < -0.3 is 14.2 Å². The van der Waals surface area contributed by atoms with Gasteiger partial charge in [-0.3, -0.25) is 14.4 Å². The highest BCUT2D eigenvalue weighted by atomic mass is 16.6. The van der Waals surface area contributed by atoms with Crippen LogP contribution in [0.2, 0.25) is 0 Å². The van der Waals surface area contributed by atoms with E-state index in [0.717, 1.165) is 96.3 Å². The first-order chi connectivity index (χ1) is 33.0. The molecular formula is C61H108O6. The molecule has 0 aliphatic heterocycles. The van der Waals surface area contributed by atoms with Crippen LogP contribution in [0.3, 0.4) is 0 Å². The van der Waals surface area contributed by atoms with Crippen LogP contribution in [0.5, 0.6) is 0 Å². The van der Waals surface area contributed by atoms with Crippen molar-refractivity contribution in [3.63, 3.8) is 0 Å². The van der Waals surface area contributed by atoms with Gasteiger partial charge in [0, 0.05) is 19.3 Å². The Morgan fingerprint density at radius 1 is 0.299 bits per heavy atom. The minimum absolute atomic E-state index is 0.0839. The largest absolute Gasteiger partial charge is 0.462 e. The molecule has 0 saturated heterocycles. The number of unbranched alkanes of at least 4 members (excludes halogenated alkanes) is 31. The summed E-state index contributed by atoms with van der Waals surface area (Å²) in [4.78, 5) is 38.2. The van der Waals surface area contributed by atoms with E-state index in [-0.39, 0.29) is 31.1 Å². The quantitative estimate of drug-likeness (QED) is 0.0262. The van der Waals surface area contributed by atoms with Gasteiger partial charge in [0.05, 0.1) is 0 Å². The molecule has 0 aromatic rings. The standard InChI is InChI=1S/C61H108O6/c1-4-7-10-13-16-19-22-25-28-30-33-35-38-41-44-47-50-53-59(62)65-56-58(67-61(64)55-52-49-46-43-40-37-32-27-24-21-18-15-12-9-6-3)57-66-60(63)54-51-48-45-42-39-36-34-31-29-26-23-20-17-14-11-8-5-2/h16,18-19,21,25-29,32,58H,4-15,17,20,22-24,30-31,33-57H2,1-3H3/b19-16-,21-18-,28-25-,29-26-,32-27-/t58-/m1/s1. The highest BCUT2D eigenvalue weighted by Gasteiger charge is 2.19. The summed E-state index contributed by atoms with van der Waals surface area (Å²) in [7, 11) is 0. The summed E-state index contributed by atoms with van der Waals surface area (Å²) in [5.74, 6) is -0.900. The van der Waals surface area contributed by atoms with Gasteiger partial charge >= 0.3 is 17.9 Å². The molecule has 0 aliphatic carbocycles. The molecule has 0 spiro atoms.